The van der Waals surface area contributed by atoms with E-state index in [4.69, 9.17) is 9.47 Å². The minimum atomic E-state index is -0.270. The van der Waals surface area contributed by atoms with Crippen LogP contribution in [-0.2, 0) is 11.3 Å². The van der Waals surface area contributed by atoms with Gasteiger partial charge in [-0.15, -0.1) is 0 Å². The molecule has 1 amide bonds. The lowest BCUT2D eigenvalue weighted by Gasteiger charge is -2.31. The van der Waals surface area contributed by atoms with Crippen LogP contribution in [0.15, 0.2) is 59.5 Å². The van der Waals surface area contributed by atoms with Crippen LogP contribution in [-0.4, -0.2) is 46.4 Å². The Kier molecular flexibility index (Phi) is 4.97. The molecule has 1 aliphatic rings. The van der Waals surface area contributed by atoms with E-state index in [1.165, 1.54) is 4.68 Å². The Morgan fingerprint density at radius 2 is 1.93 bits per heavy atom. The van der Waals surface area contributed by atoms with Gasteiger partial charge in [0.1, 0.15) is 13.2 Å². The van der Waals surface area contributed by atoms with Crippen LogP contribution in [0, 0.1) is 0 Å². The summed E-state index contributed by atoms with van der Waals surface area (Å²) in [7, 11) is 0. The van der Waals surface area contributed by atoms with E-state index in [0.717, 1.165) is 5.39 Å². The summed E-state index contributed by atoms with van der Waals surface area (Å²) >= 11 is 0. The van der Waals surface area contributed by atoms with Gasteiger partial charge in [0.25, 0.3) is 5.56 Å². The van der Waals surface area contributed by atoms with Gasteiger partial charge in [-0.3, -0.25) is 9.59 Å². The van der Waals surface area contributed by atoms with Crippen LogP contribution in [0.1, 0.15) is 6.92 Å². The molecule has 1 aromatic heterocycles. The van der Waals surface area contributed by atoms with Crippen molar-refractivity contribution in [2.75, 3.05) is 19.7 Å². The molecule has 7 nitrogen and oxygen atoms in total. The molecule has 144 valence electrons. The Hall–Kier alpha value is -3.35. The molecule has 0 bridgehead atoms. The summed E-state index contributed by atoms with van der Waals surface area (Å²) in [6, 6.07) is 14.7. The second kappa shape index (κ2) is 7.72. The van der Waals surface area contributed by atoms with Crippen molar-refractivity contribution >= 4 is 16.7 Å². The lowest BCUT2D eigenvalue weighted by atomic mass is 10.2. The molecule has 2 aromatic carbocycles. The maximum Gasteiger partial charge on any atom is 0.275 e. The Labute approximate surface area is 162 Å². The van der Waals surface area contributed by atoms with Crippen LogP contribution in [0.25, 0.3) is 10.8 Å². The zero-order valence-corrected chi connectivity index (χ0v) is 15.6. The molecule has 1 atom stereocenters. The molecule has 4 rings (SSSR count). The van der Waals surface area contributed by atoms with Gasteiger partial charge in [0.2, 0.25) is 5.91 Å². The van der Waals surface area contributed by atoms with Crippen LogP contribution >= 0.6 is 0 Å². The van der Waals surface area contributed by atoms with Crippen molar-refractivity contribution in [3.8, 4) is 11.5 Å². The topological polar surface area (TPSA) is 73.7 Å². The second-order valence-electron chi connectivity index (χ2n) is 6.62. The van der Waals surface area contributed by atoms with Gasteiger partial charge in [-0.1, -0.05) is 30.3 Å². The third kappa shape index (κ3) is 3.55. The molecule has 0 saturated carbocycles. The zero-order valence-electron chi connectivity index (χ0n) is 15.6. The van der Waals surface area contributed by atoms with Crippen molar-refractivity contribution in [1.29, 1.82) is 0 Å². The molecule has 2 heterocycles. The number of hydrogen-bond donors (Lipinski definition) is 0. The summed E-state index contributed by atoms with van der Waals surface area (Å²) in [5, 5.41) is 5.45. The lowest BCUT2D eigenvalue weighted by molar-refractivity contribution is -0.133. The molecule has 0 N–H and O–H groups in total. The molecular weight excluding hydrogens is 358 g/mol. The van der Waals surface area contributed by atoms with Crippen LogP contribution < -0.4 is 15.0 Å². The molecule has 3 aromatic rings. The predicted octanol–water partition coefficient (Wildman–Crippen LogP) is 2.08. The third-order valence-corrected chi connectivity index (χ3v) is 4.77. The number of carbonyl (C=O) groups excluding carboxylic acids is 1. The van der Waals surface area contributed by atoms with Crippen molar-refractivity contribution in [2.45, 2.75) is 19.6 Å². The molecule has 0 radical (unpaired) electrons. The number of amides is 1. The quantitative estimate of drug-likeness (QED) is 0.679. The van der Waals surface area contributed by atoms with Gasteiger partial charge in [0.15, 0.2) is 17.6 Å². The number of nitrogens with zero attached hydrogens (tertiary/aromatic N) is 3. The summed E-state index contributed by atoms with van der Waals surface area (Å²) in [4.78, 5) is 27.0. The fraction of sp³-hybridized carbons (Fsp3) is 0.286. The van der Waals surface area contributed by atoms with Crippen LogP contribution in [0.5, 0.6) is 11.5 Å². The molecule has 1 unspecified atom stereocenters. The van der Waals surface area contributed by atoms with E-state index >= 15 is 0 Å². The van der Waals surface area contributed by atoms with Crippen molar-refractivity contribution in [3.05, 3.63) is 65.1 Å². The van der Waals surface area contributed by atoms with Crippen molar-refractivity contribution in [1.82, 2.24) is 14.7 Å². The number of rotatable bonds is 5. The molecule has 7 heteroatoms. The highest BCUT2D eigenvalue weighted by molar-refractivity contribution is 5.81. The summed E-state index contributed by atoms with van der Waals surface area (Å²) in [5.41, 5.74) is -0.270. The normalized spacial score (nSPS) is 15.4. The van der Waals surface area contributed by atoms with E-state index in [-0.39, 0.29) is 24.1 Å². The van der Waals surface area contributed by atoms with Gasteiger partial charge in [0, 0.05) is 11.9 Å². The standard InChI is InChI=1S/C21H21N3O4/c1-2-23(12-16-14-27-18-9-5-6-10-19(18)28-16)20(25)13-24-21(26)17-8-4-3-7-15(17)11-22-24/h3-11,16H,2,12-14H2,1H3. The van der Waals surface area contributed by atoms with E-state index in [1.807, 2.05) is 43.3 Å². The largest absolute Gasteiger partial charge is 0.486 e. The third-order valence-electron chi connectivity index (χ3n) is 4.77. The molecule has 0 saturated heterocycles. The minimum absolute atomic E-state index is 0.109. The number of likely N-dealkylation sites (N-methyl/N-ethyl adjacent to an activating group) is 1. The van der Waals surface area contributed by atoms with E-state index in [1.54, 1.807) is 23.2 Å². The van der Waals surface area contributed by atoms with E-state index in [9.17, 15) is 9.59 Å². The number of fused-ring (bicyclic) bond motifs is 2. The van der Waals surface area contributed by atoms with Crippen molar-refractivity contribution in [2.24, 2.45) is 0 Å². The molecule has 0 fully saturated rings. The molecule has 1 aliphatic heterocycles. The average Bonchev–Trinajstić information content (AvgIpc) is 2.74. The number of para-hydroxylation sites is 2. The first-order valence-corrected chi connectivity index (χ1v) is 9.27. The Balaban J connectivity index is 1.46. The first-order valence-electron chi connectivity index (χ1n) is 9.27. The zero-order chi connectivity index (χ0) is 19.5. The first-order chi connectivity index (χ1) is 13.7. The average molecular weight is 379 g/mol. The van der Waals surface area contributed by atoms with Crippen molar-refractivity contribution in [3.63, 3.8) is 0 Å². The monoisotopic (exact) mass is 379 g/mol. The number of hydrogen-bond acceptors (Lipinski definition) is 5. The molecular formula is C21H21N3O4. The maximum absolute atomic E-state index is 12.8. The summed E-state index contributed by atoms with van der Waals surface area (Å²) < 4.78 is 12.9. The van der Waals surface area contributed by atoms with Crippen molar-refractivity contribution < 1.29 is 14.3 Å². The summed E-state index contributed by atoms with van der Waals surface area (Å²) in [5.74, 6) is 1.20. The van der Waals surface area contributed by atoms with Gasteiger partial charge in [-0.25, -0.2) is 4.68 Å². The highest BCUT2D eigenvalue weighted by Gasteiger charge is 2.25. The highest BCUT2D eigenvalue weighted by atomic mass is 16.6. The van der Waals surface area contributed by atoms with Crippen LogP contribution in [0.2, 0.25) is 0 Å². The van der Waals surface area contributed by atoms with Gasteiger partial charge >= 0.3 is 0 Å². The highest BCUT2D eigenvalue weighted by Crippen LogP contribution is 2.31. The maximum atomic E-state index is 12.8. The fourth-order valence-electron chi connectivity index (χ4n) is 3.27. The Morgan fingerprint density at radius 1 is 1.18 bits per heavy atom. The molecule has 28 heavy (non-hydrogen) atoms. The van der Waals surface area contributed by atoms with Crippen LogP contribution in [0.4, 0.5) is 0 Å². The van der Waals surface area contributed by atoms with E-state index < -0.39 is 0 Å². The molecule has 0 spiro atoms. The SMILES string of the molecule is CCN(CC1COc2ccccc2O1)C(=O)Cn1ncc2ccccc2c1=O. The van der Waals surface area contributed by atoms with E-state index in [0.29, 0.717) is 36.6 Å². The first kappa shape index (κ1) is 18.0. The summed E-state index contributed by atoms with van der Waals surface area (Å²) in [6.07, 6.45) is 1.34. The number of carbonyl (C=O) groups is 1. The van der Waals surface area contributed by atoms with Gasteiger partial charge in [-0.2, -0.15) is 5.10 Å². The predicted molar refractivity (Wildman–Crippen MR) is 105 cm³/mol. The number of aromatic nitrogens is 2. The lowest BCUT2D eigenvalue weighted by Crippen LogP contribution is -2.45. The van der Waals surface area contributed by atoms with Gasteiger partial charge < -0.3 is 14.4 Å². The van der Waals surface area contributed by atoms with Gasteiger partial charge in [0.05, 0.1) is 18.1 Å². The minimum Gasteiger partial charge on any atom is -0.486 e. The Morgan fingerprint density at radius 3 is 2.75 bits per heavy atom. The van der Waals surface area contributed by atoms with Crippen LogP contribution in [0.3, 0.4) is 0 Å². The number of benzene rings is 2. The second-order valence-corrected chi connectivity index (χ2v) is 6.62. The van der Waals surface area contributed by atoms with Gasteiger partial charge in [-0.05, 0) is 25.1 Å². The van der Waals surface area contributed by atoms with E-state index in [2.05, 4.69) is 5.10 Å². The Bertz CT molecular complexity index is 1060. The smallest absolute Gasteiger partial charge is 0.275 e. The number of ether oxygens (including phenoxy) is 2. The fourth-order valence-corrected chi connectivity index (χ4v) is 3.27. The molecule has 0 aliphatic carbocycles. The summed E-state index contributed by atoms with van der Waals surface area (Å²) in [6.45, 7) is 3.04.